The van der Waals surface area contributed by atoms with Crippen LogP contribution < -0.4 is 14.8 Å². The third kappa shape index (κ3) is 5.52. The quantitative estimate of drug-likeness (QED) is 0.483. The number of rotatable bonds is 7. The van der Waals surface area contributed by atoms with Gasteiger partial charge in [-0.3, -0.25) is 4.79 Å². The molecule has 1 amide bonds. The lowest BCUT2D eigenvalue weighted by Gasteiger charge is -2.31. The van der Waals surface area contributed by atoms with Crippen molar-refractivity contribution in [3.63, 3.8) is 0 Å². The molecule has 0 radical (unpaired) electrons. The fourth-order valence-corrected chi connectivity index (χ4v) is 5.55. The predicted octanol–water partition coefficient (Wildman–Crippen LogP) is 5.18. The molecular weight excluding hydrogens is 476 g/mol. The smallest absolute Gasteiger partial charge is 0.243 e. The highest BCUT2D eigenvalue weighted by Gasteiger charge is 2.33. The van der Waals surface area contributed by atoms with Crippen LogP contribution in [0.25, 0.3) is 0 Å². The van der Waals surface area contributed by atoms with E-state index >= 15 is 0 Å². The molecule has 1 saturated heterocycles. The Kier molecular flexibility index (Phi) is 7.41. The van der Waals surface area contributed by atoms with Gasteiger partial charge in [0.2, 0.25) is 15.9 Å². The first-order valence-corrected chi connectivity index (χ1v) is 12.7. The van der Waals surface area contributed by atoms with E-state index in [-0.39, 0.29) is 17.3 Å². The van der Waals surface area contributed by atoms with E-state index in [1.807, 2.05) is 0 Å². The number of methoxy groups -OCH3 is 1. The largest absolute Gasteiger partial charge is 0.497 e. The molecular formula is C25H25ClN2O5S. The molecule has 0 bridgehead atoms. The van der Waals surface area contributed by atoms with Gasteiger partial charge in [-0.15, -0.1) is 0 Å². The summed E-state index contributed by atoms with van der Waals surface area (Å²) >= 11 is 6.17. The minimum atomic E-state index is -3.67. The molecule has 9 heteroatoms. The van der Waals surface area contributed by atoms with Gasteiger partial charge in [-0.25, -0.2) is 8.42 Å². The summed E-state index contributed by atoms with van der Waals surface area (Å²) in [6.07, 6.45) is 1.17. The van der Waals surface area contributed by atoms with E-state index in [1.165, 1.54) is 4.31 Å². The number of carbonyl (C=O) groups is 1. The van der Waals surface area contributed by atoms with Gasteiger partial charge in [0.25, 0.3) is 0 Å². The summed E-state index contributed by atoms with van der Waals surface area (Å²) in [5.74, 6) is 0.797. The average Bonchev–Trinajstić information content (AvgIpc) is 2.86. The maximum absolute atomic E-state index is 13.1. The number of halogens is 1. The van der Waals surface area contributed by atoms with Crippen molar-refractivity contribution in [1.29, 1.82) is 0 Å². The molecule has 1 heterocycles. The molecule has 1 atom stereocenters. The monoisotopic (exact) mass is 500 g/mol. The summed E-state index contributed by atoms with van der Waals surface area (Å²) in [5.41, 5.74) is 0.406. The number of hydrogen-bond acceptors (Lipinski definition) is 5. The molecule has 0 saturated carbocycles. The maximum Gasteiger partial charge on any atom is 0.243 e. The fourth-order valence-electron chi connectivity index (χ4n) is 3.83. The highest BCUT2D eigenvalue weighted by atomic mass is 35.5. The molecule has 7 nitrogen and oxygen atoms in total. The van der Waals surface area contributed by atoms with E-state index in [1.54, 1.807) is 79.9 Å². The molecule has 0 unspecified atom stereocenters. The molecule has 1 N–H and O–H groups in total. The highest BCUT2D eigenvalue weighted by Crippen LogP contribution is 2.34. The maximum atomic E-state index is 13.1. The molecule has 1 fully saturated rings. The van der Waals surface area contributed by atoms with E-state index in [4.69, 9.17) is 21.1 Å². The van der Waals surface area contributed by atoms with E-state index in [2.05, 4.69) is 5.32 Å². The second kappa shape index (κ2) is 10.5. The zero-order valence-electron chi connectivity index (χ0n) is 18.6. The van der Waals surface area contributed by atoms with Crippen LogP contribution in [0.2, 0.25) is 5.02 Å². The van der Waals surface area contributed by atoms with E-state index in [9.17, 15) is 13.2 Å². The topological polar surface area (TPSA) is 84.9 Å². The number of carbonyl (C=O) groups excluding carboxylic acids is 1. The fraction of sp³-hybridized carbons (Fsp3) is 0.240. The van der Waals surface area contributed by atoms with Crippen molar-refractivity contribution in [1.82, 2.24) is 4.31 Å². The molecule has 1 aliphatic heterocycles. The SMILES string of the molecule is COc1cccc(Oc2ccc(Cl)cc2NC(=O)[C@H]2CCCN(S(=O)(=O)c3ccccc3)C2)c1. The van der Waals surface area contributed by atoms with Crippen LogP contribution in [0.4, 0.5) is 5.69 Å². The van der Waals surface area contributed by atoms with Crippen LogP contribution in [-0.4, -0.2) is 38.8 Å². The first-order valence-electron chi connectivity index (χ1n) is 10.8. The van der Waals surface area contributed by atoms with Gasteiger partial charge in [-0.05, 0) is 55.3 Å². The van der Waals surface area contributed by atoms with Gasteiger partial charge < -0.3 is 14.8 Å². The van der Waals surface area contributed by atoms with Crippen LogP contribution in [0.15, 0.2) is 77.7 Å². The second-order valence-corrected chi connectivity index (χ2v) is 10.3. The van der Waals surface area contributed by atoms with Crippen LogP contribution in [0.5, 0.6) is 17.2 Å². The van der Waals surface area contributed by atoms with Crippen LogP contribution in [0.1, 0.15) is 12.8 Å². The lowest BCUT2D eigenvalue weighted by molar-refractivity contribution is -0.120. The number of anilines is 1. The highest BCUT2D eigenvalue weighted by molar-refractivity contribution is 7.89. The Morgan fingerprint density at radius 3 is 2.56 bits per heavy atom. The van der Waals surface area contributed by atoms with Gasteiger partial charge in [-0.2, -0.15) is 4.31 Å². The lowest BCUT2D eigenvalue weighted by Crippen LogP contribution is -2.43. The summed E-state index contributed by atoms with van der Waals surface area (Å²) < 4.78 is 38.6. The summed E-state index contributed by atoms with van der Waals surface area (Å²) in [5, 5.41) is 3.32. The predicted molar refractivity (Wildman–Crippen MR) is 131 cm³/mol. The average molecular weight is 501 g/mol. The van der Waals surface area contributed by atoms with Crippen LogP contribution in [-0.2, 0) is 14.8 Å². The summed E-state index contributed by atoms with van der Waals surface area (Å²) in [6.45, 7) is 0.484. The Morgan fingerprint density at radius 1 is 1.03 bits per heavy atom. The van der Waals surface area contributed by atoms with Gasteiger partial charge in [0.05, 0.1) is 23.6 Å². The third-order valence-corrected chi connectivity index (χ3v) is 7.72. The Bertz CT molecular complexity index is 1270. The van der Waals surface area contributed by atoms with Crippen molar-refractivity contribution >= 4 is 33.2 Å². The van der Waals surface area contributed by atoms with Crippen molar-refractivity contribution in [2.75, 3.05) is 25.5 Å². The Balaban J connectivity index is 1.50. The van der Waals surface area contributed by atoms with Crippen LogP contribution in [0, 0.1) is 5.92 Å². The minimum absolute atomic E-state index is 0.107. The molecule has 3 aromatic rings. The minimum Gasteiger partial charge on any atom is -0.497 e. The van der Waals surface area contributed by atoms with Gasteiger partial charge in [0, 0.05) is 24.2 Å². The summed E-state index contributed by atoms with van der Waals surface area (Å²) in [4.78, 5) is 13.4. The zero-order chi connectivity index (χ0) is 24.1. The van der Waals surface area contributed by atoms with Crippen LogP contribution >= 0.6 is 11.6 Å². The lowest BCUT2D eigenvalue weighted by atomic mass is 9.98. The number of hydrogen-bond donors (Lipinski definition) is 1. The van der Waals surface area contributed by atoms with Gasteiger partial charge in [-0.1, -0.05) is 35.9 Å². The Morgan fingerprint density at radius 2 is 1.79 bits per heavy atom. The number of piperidine rings is 1. The summed E-state index contributed by atoms with van der Waals surface area (Å²) in [7, 11) is -2.10. The number of sulfonamides is 1. The molecule has 0 spiro atoms. The number of nitrogens with zero attached hydrogens (tertiary/aromatic N) is 1. The number of benzene rings is 3. The van der Waals surface area contributed by atoms with Crippen molar-refractivity contribution in [2.24, 2.45) is 5.92 Å². The molecule has 4 rings (SSSR count). The number of amides is 1. The molecule has 0 aromatic heterocycles. The van der Waals surface area contributed by atoms with Crippen molar-refractivity contribution < 1.29 is 22.7 Å². The molecule has 1 aliphatic rings. The van der Waals surface area contributed by atoms with Crippen LogP contribution in [0.3, 0.4) is 0 Å². The van der Waals surface area contributed by atoms with Crippen molar-refractivity contribution in [2.45, 2.75) is 17.7 Å². The molecule has 0 aliphatic carbocycles. The molecule has 3 aromatic carbocycles. The zero-order valence-corrected chi connectivity index (χ0v) is 20.2. The number of ether oxygens (including phenoxy) is 2. The van der Waals surface area contributed by atoms with Gasteiger partial charge >= 0.3 is 0 Å². The first kappa shape index (κ1) is 24.1. The van der Waals surface area contributed by atoms with E-state index in [0.29, 0.717) is 47.3 Å². The van der Waals surface area contributed by atoms with E-state index < -0.39 is 15.9 Å². The third-order valence-electron chi connectivity index (χ3n) is 5.60. The van der Waals surface area contributed by atoms with Crippen molar-refractivity contribution in [3.8, 4) is 17.2 Å². The Hall–Kier alpha value is -3.07. The normalized spacial score (nSPS) is 16.6. The summed E-state index contributed by atoms with van der Waals surface area (Å²) in [6, 6.07) is 20.3. The first-order chi connectivity index (χ1) is 16.4. The van der Waals surface area contributed by atoms with E-state index in [0.717, 1.165) is 0 Å². The molecule has 178 valence electrons. The number of nitrogens with one attached hydrogen (secondary N) is 1. The van der Waals surface area contributed by atoms with Crippen molar-refractivity contribution in [3.05, 3.63) is 77.8 Å². The second-order valence-electron chi connectivity index (χ2n) is 7.93. The van der Waals surface area contributed by atoms with Gasteiger partial charge in [0.1, 0.15) is 11.5 Å². The standard InChI is InChI=1S/C25H25ClN2O5S/c1-32-20-8-5-9-21(16-20)33-24-13-12-19(26)15-23(24)27-25(29)18-7-6-14-28(17-18)34(30,31)22-10-3-2-4-11-22/h2-5,8-13,15-16,18H,6-7,14,17H2,1H3,(H,27,29)/t18-/m0/s1. The molecule has 34 heavy (non-hydrogen) atoms. The van der Waals surface area contributed by atoms with Gasteiger partial charge in [0.15, 0.2) is 5.75 Å². The Labute approximate surface area is 204 Å².